The van der Waals surface area contributed by atoms with Gasteiger partial charge in [0.15, 0.2) is 0 Å². The van der Waals surface area contributed by atoms with Gasteiger partial charge in [0, 0.05) is 46.2 Å². The van der Waals surface area contributed by atoms with Crippen molar-refractivity contribution < 1.29 is 14.2 Å². The topological polar surface area (TPSA) is 65.7 Å². The van der Waals surface area contributed by atoms with E-state index in [0.29, 0.717) is 0 Å². The molecule has 0 bridgehead atoms. The Morgan fingerprint density at radius 1 is 0.913 bits per heavy atom. The fourth-order valence-electron chi connectivity index (χ4n) is 3.02. The van der Waals surface area contributed by atoms with Crippen molar-refractivity contribution in [1.82, 2.24) is 5.32 Å². The summed E-state index contributed by atoms with van der Waals surface area (Å²) in [4.78, 5) is 0. The number of methoxy groups -OCH3 is 3. The smallest absolute Gasteiger partial charge is 0.285 e. The number of nitrogens with one attached hydrogen (secondary N) is 1. The molecule has 0 saturated heterocycles. The number of nitrogens with two attached hydrogens (primary N) is 1. The fourth-order valence-corrected chi connectivity index (χ4v) is 3.02. The van der Waals surface area contributed by atoms with E-state index in [1.54, 1.807) is 27.5 Å². The molecular weight excluding hydrogens is 292 g/mol. The maximum Gasteiger partial charge on any atom is 0.285 e. The molecule has 0 rings (SSSR count). The van der Waals surface area contributed by atoms with Crippen LogP contribution in [0.2, 0.25) is 0 Å². The van der Waals surface area contributed by atoms with E-state index in [0.717, 1.165) is 25.8 Å². The minimum Gasteiger partial charge on any atom is -0.403 e. The second kappa shape index (κ2) is 14.8. The molecule has 0 aromatic heterocycles. The summed E-state index contributed by atoms with van der Waals surface area (Å²) < 4.78 is 16.7. The van der Waals surface area contributed by atoms with Crippen LogP contribution in [0.5, 0.6) is 0 Å². The first-order chi connectivity index (χ1) is 11.2. The summed E-state index contributed by atoms with van der Waals surface area (Å²) in [6, 6.07) is 0. The summed E-state index contributed by atoms with van der Waals surface area (Å²) in [5.74, 6) is -0.718. The molecule has 0 radical (unpaired) electrons. The van der Waals surface area contributed by atoms with Gasteiger partial charge in [0.2, 0.25) is 0 Å². The highest BCUT2D eigenvalue weighted by Crippen LogP contribution is 2.32. The lowest BCUT2D eigenvalue weighted by molar-refractivity contribution is -0.380. The van der Waals surface area contributed by atoms with Gasteiger partial charge in [-0.1, -0.05) is 45.4 Å². The molecular formula is C18H38N2O3. The minimum atomic E-state index is -0.937. The first kappa shape index (κ1) is 22.2. The summed E-state index contributed by atoms with van der Waals surface area (Å²) in [5.41, 5.74) is 5.32. The Morgan fingerprint density at radius 2 is 1.48 bits per heavy atom. The van der Waals surface area contributed by atoms with Gasteiger partial charge in [-0.2, -0.15) is 0 Å². The summed E-state index contributed by atoms with van der Waals surface area (Å²) in [6.07, 6.45) is 14.0. The Labute approximate surface area is 142 Å². The molecule has 3 N–H and O–H groups in total. The molecule has 0 fully saturated rings. The van der Waals surface area contributed by atoms with Crippen molar-refractivity contribution in [3.63, 3.8) is 0 Å². The third kappa shape index (κ3) is 9.18. The first-order valence-corrected chi connectivity index (χ1v) is 8.96. The van der Waals surface area contributed by atoms with Crippen molar-refractivity contribution in [2.24, 2.45) is 11.7 Å². The molecule has 5 nitrogen and oxygen atoms in total. The van der Waals surface area contributed by atoms with Crippen molar-refractivity contribution in [3.05, 3.63) is 12.4 Å². The van der Waals surface area contributed by atoms with Gasteiger partial charge in [0.05, 0.1) is 0 Å². The van der Waals surface area contributed by atoms with Gasteiger partial charge in [-0.15, -0.1) is 0 Å². The molecule has 5 heteroatoms. The normalized spacial score (nSPS) is 13.6. The monoisotopic (exact) mass is 330 g/mol. The maximum atomic E-state index is 5.57. The van der Waals surface area contributed by atoms with Crippen LogP contribution in [0.4, 0.5) is 0 Å². The van der Waals surface area contributed by atoms with Crippen molar-refractivity contribution in [1.29, 1.82) is 0 Å². The number of ether oxygens (including phenoxy) is 3. The minimum absolute atomic E-state index is 0.220. The molecule has 0 spiro atoms. The Bertz CT molecular complexity index is 273. The Kier molecular flexibility index (Phi) is 14.3. The summed E-state index contributed by atoms with van der Waals surface area (Å²) in [7, 11) is 4.95. The molecule has 0 aliphatic heterocycles. The number of unbranched alkanes of at least 4 members (excludes halogenated alkanes) is 5. The van der Waals surface area contributed by atoms with E-state index in [2.05, 4.69) is 12.2 Å². The van der Waals surface area contributed by atoms with Crippen LogP contribution in [0.25, 0.3) is 0 Å². The van der Waals surface area contributed by atoms with Crippen LogP contribution in [0.3, 0.4) is 0 Å². The standard InChI is InChI=1S/C18H38N2O3/c1-5-6-7-8-9-10-12-17(13-11-15-20-16-14-19)18(21-2,22-3)23-4/h14,16-17,20H,5-13,15,19H2,1-4H3. The number of hydrogen-bond acceptors (Lipinski definition) is 5. The van der Waals surface area contributed by atoms with Crippen LogP contribution in [-0.2, 0) is 14.2 Å². The molecule has 1 unspecified atom stereocenters. The fraction of sp³-hybridized carbons (Fsp3) is 0.889. The van der Waals surface area contributed by atoms with Crippen molar-refractivity contribution in [2.75, 3.05) is 27.9 Å². The molecule has 0 aliphatic carbocycles. The van der Waals surface area contributed by atoms with E-state index in [-0.39, 0.29) is 5.92 Å². The average molecular weight is 331 g/mol. The summed E-state index contributed by atoms with van der Waals surface area (Å²) in [5, 5.41) is 3.16. The summed E-state index contributed by atoms with van der Waals surface area (Å²) in [6.45, 7) is 3.13. The zero-order chi connectivity index (χ0) is 17.4. The van der Waals surface area contributed by atoms with Crippen LogP contribution in [0.1, 0.15) is 64.7 Å². The van der Waals surface area contributed by atoms with Gasteiger partial charge >= 0.3 is 0 Å². The van der Waals surface area contributed by atoms with Crippen molar-refractivity contribution in [2.45, 2.75) is 70.7 Å². The molecule has 23 heavy (non-hydrogen) atoms. The zero-order valence-electron chi connectivity index (χ0n) is 15.6. The number of rotatable bonds is 16. The highest BCUT2D eigenvalue weighted by atomic mass is 16.9. The first-order valence-electron chi connectivity index (χ1n) is 8.96. The van der Waals surface area contributed by atoms with E-state index in [1.165, 1.54) is 44.7 Å². The third-order valence-corrected chi connectivity index (χ3v) is 4.35. The second-order valence-electron chi connectivity index (χ2n) is 5.92. The largest absolute Gasteiger partial charge is 0.403 e. The van der Waals surface area contributed by atoms with E-state index in [9.17, 15) is 0 Å². The Morgan fingerprint density at radius 3 is 2.04 bits per heavy atom. The molecule has 0 saturated carbocycles. The van der Waals surface area contributed by atoms with Crippen LogP contribution in [0, 0.1) is 5.92 Å². The lowest BCUT2D eigenvalue weighted by atomic mass is 9.93. The lowest BCUT2D eigenvalue weighted by Gasteiger charge is -2.36. The molecule has 138 valence electrons. The van der Waals surface area contributed by atoms with Gasteiger partial charge in [-0.05, 0) is 19.3 Å². The molecule has 0 heterocycles. The second-order valence-corrected chi connectivity index (χ2v) is 5.92. The van der Waals surface area contributed by atoms with E-state index in [1.807, 2.05) is 0 Å². The van der Waals surface area contributed by atoms with E-state index >= 15 is 0 Å². The van der Waals surface area contributed by atoms with Crippen LogP contribution in [0.15, 0.2) is 12.4 Å². The molecule has 0 amide bonds. The average Bonchev–Trinajstić information content (AvgIpc) is 2.58. The lowest BCUT2D eigenvalue weighted by Crippen LogP contribution is -2.44. The zero-order valence-corrected chi connectivity index (χ0v) is 15.6. The van der Waals surface area contributed by atoms with Crippen LogP contribution < -0.4 is 11.1 Å². The predicted octanol–water partition coefficient (Wildman–Crippen LogP) is 3.75. The van der Waals surface area contributed by atoms with E-state index in [4.69, 9.17) is 19.9 Å². The highest BCUT2D eigenvalue weighted by Gasteiger charge is 2.39. The van der Waals surface area contributed by atoms with Crippen LogP contribution >= 0.6 is 0 Å². The van der Waals surface area contributed by atoms with Gasteiger partial charge in [0.25, 0.3) is 5.97 Å². The maximum absolute atomic E-state index is 5.57. The van der Waals surface area contributed by atoms with Crippen molar-refractivity contribution >= 4 is 0 Å². The number of hydrogen-bond donors (Lipinski definition) is 2. The van der Waals surface area contributed by atoms with E-state index < -0.39 is 5.97 Å². The van der Waals surface area contributed by atoms with Gasteiger partial charge in [0.1, 0.15) is 0 Å². The van der Waals surface area contributed by atoms with Gasteiger partial charge in [-0.25, -0.2) is 0 Å². The quantitative estimate of drug-likeness (QED) is 0.333. The van der Waals surface area contributed by atoms with Gasteiger partial charge < -0.3 is 25.3 Å². The Hall–Kier alpha value is -0.780. The highest BCUT2D eigenvalue weighted by molar-refractivity contribution is 4.75. The Balaban J connectivity index is 4.36. The predicted molar refractivity (Wildman–Crippen MR) is 95.8 cm³/mol. The SMILES string of the molecule is CCCCCCCCC(CCCNC=CN)C(OC)(OC)OC. The molecule has 0 aromatic rings. The van der Waals surface area contributed by atoms with Crippen LogP contribution in [-0.4, -0.2) is 33.8 Å². The summed E-state index contributed by atoms with van der Waals surface area (Å²) >= 11 is 0. The molecule has 0 aliphatic rings. The third-order valence-electron chi connectivity index (χ3n) is 4.35. The molecule has 0 aromatic carbocycles. The van der Waals surface area contributed by atoms with Gasteiger partial charge in [-0.3, -0.25) is 0 Å². The van der Waals surface area contributed by atoms with Crippen molar-refractivity contribution in [3.8, 4) is 0 Å². The molecule has 1 atom stereocenters.